The van der Waals surface area contributed by atoms with Crippen molar-refractivity contribution in [3.8, 4) is 0 Å². The van der Waals surface area contributed by atoms with Crippen LogP contribution in [0, 0.1) is 0 Å². The van der Waals surface area contributed by atoms with Crippen molar-refractivity contribution in [1.29, 1.82) is 0 Å². The van der Waals surface area contributed by atoms with E-state index in [0.29, 0.717) is 0 Å². The average molecular weight is 213 g/mol. The topological polar surface area (TPSA) is 150 Å². The summed E-state index contributed by atoms with van der Waals surface area (Å²) >= 11 is 0. The predicted octanol–water partition coefficient (Wildman–Crippen LogP) is -3.24. The molecule has 0 saturated carbocycles. The van der Waals surface area contributed by atoms with E-state index in [1.165, 1.54) is 0 Å². The lowest BCUT2D eigenvalue weighted by Crippen LogP contribution is -3.00. The van der Waals surface area contributed by atoms with Crippen LogP contribution in [0.2, 0.25) is 0 Å². The van der Waals surface area contributed by atoms with E-state index in [9.17, 15) is 0 Å². The molecule has 0 fully saturated rings. The smallest absolute Gasteiger partial charge is 0.215 e. The van der Waals surface area contributed by atoms with Crippen molar-refractivity contribution in [3.63, 3.8) is 0 Å². The second-order valence-corrected chi connectivity index (χ2v) is 1.28. The van der Waals surface area contributed by atoms with Crippen molar-refractivity contribution in [2.45, 2.75) is 0 Å². The Morgan fingerprint density at radius 2 is 1.25 bits per heavy atom. The molecular weight excluding hydrogens is 204 g/mol. The van der Waals surface area contributed by atoms with E-state index in [4.69, 9.17) is 17.5 Å². The van der Waals surface area contributed by atoms with Crippen LogP contribution in [-0.2, 0) is 10.4 Å². The molecular formula is H9BrN2O4S. The summed E-state index contributed by atoms with van der Waals surface area (Å²) in [5.74, 6) is 0. The molecule has 0 radical (unpaired) electrons. The molecule has 0 aromatic heterocycles. The van der Waals surface area contributed by atoms with Crippen LogP contribution >= 0.6 is 0 Å². The lowest BCUT2D eigenvalue weighted by molar-refractivity contribution is -0.00000901. The second kappa shape index (κ2) is 7.27. The number of halogens is 1. The zero-order chi connectivity index (χ0) is 4.50. The highest BCUT2D eigenvalue weighted by Crippen LogP contribution is 1.58. The van der Waals surface area contributed by atoms with Crippen LogP contribution in [0.3, 0.4) is 0 Å². The maximum absolute atomic E-state index is 8.63. The minimum atomic E-state index is -4.92. The zero-order valence-electron chi connectivity index (χ0n) is 4.46. The minimum absolute atomic E-state index is 0. The molecule has 0 amide bonds. The van der Waals surface area contributed by atoms with E-state index in [1.54, 1.807) is 0 Å². The molecule has 0 aliphatic heterocycles. The Morgan fingerprint density at radius 3 is 1.25 bits per heavy atom. The molecule has 0 rings (SSSR count). The second-order valence-electron chi connectivity index (χ2n) is 0.428. The van der Waals surface area contributed by atoms with E-state index in [-0.39, 0.29) is 29.3 Å². The summed E-state index contributed by atoms with van der Waals surface area (Å²) in [6.07, 6.45) is 0. The molecule has 0 saturated heterocycles. The Labute approximate surface area is 57.8 Å². The zero-order valence-corrected chi connectivity index (χ0v) is 6.86. The third-order valence-electron chi connectivity index (χ3n) is 0. The normalized spacial score (nSPS) is 7.25. The van der Waals surface area contributed by atoms with Gasteiger partial charge in [-0.05, 0) is 0 Å². The van der Waals surface area contributed by atoms with Crippen molar-refractivity contribution in [2.75, 3.05) is 0 Å². The first-order valence-electron chi connectivity index (χ1n) is 0.683. The molecule has 0 aromatic rings. The van der Waals surface area contributed by atoms with Crippen molar-refractivity contribution in [3.05, 3.63) is 0 Å². The molecule has 0 unspecified atom stereocenters. The maximum Gasteiger partial charge on any atom is 0.215 e. The molecule has 0 aliphatic carbocycles. The van der Waals surface area contributed by atoms with Crippen LogP contribution in [0.5, 0.6) is 0 Å². The van der Waals surface area contributed by atoms with Gasteiger partial charge >= 0.3 is 0 Å². The molecule has 0 aliphatic rings. The fourth-order valence-electron chi connectivity index (χ4n) is 0. The van der Waals surface area contributed by atoms with Gasteiger partial charge < -0.3 is 33.8 Å². The molecule has 0 heterocycles. The van der Waals surface area contributed by atoms with Gasteiger partial charge in [0, 0.05) is 0 Å². The standard InChI is InChI=1S/BrH.2H3N.H2O4S/c;;;1-5(2,3)4/h1H;2*1H3;(H2,1,2,3,4). The van der Waals surface area contributed by atoms with E-state index in [2.05, 4.69) is 0 Å². The molecule has 8 heavy (non-hydrogen) atoms. The van der Waals surface area contributed by atoms with Crippen molar-refractivity contribution < 1.29 is 34.5 Å². The number of hydrogen-bond acceptors (Lipinski definition) is 3. The summed E-state index contributed by atoms with van der Waals surface area (Å²) in [4.78, 5) is 0. The predicted molar refractivity (Wildman–Crippen MR) is 24.3 cm³/mol. The summed E-state index contributed by atoms with van der Waals surface area (Å²) in [5.41, 5.74) is 0. The molecule has 0 spiro atoms. The van der Waals surface area contributed by atoms with Gasteiger partial charge in [-0.3, -0.25) is 4.55 Å². The van der Waals surface area contributed by atoms with Crippen molar-refractivity contribution >= 4 is 10.4 Å². The Kier molecular flexibility index (Phi) is 21.8. The summed E-state index contributed by atoms with van der Waals surface area (Å²) < 4.78 is 32.8. The molecule has 0 aromatic carbocycles. The Hall–Kier alpha value is 0.270. The average Bonchev–Trinajstić information content (AvgIpc) is 0.722. The fraction of sp³-hybridized carbons (Fsp3) is 0. The van der Waals surface area contributed by atoms with Crippen molar-refractivity contribution in [2.24, 2.45) is 0 Å². The lowest BCUT2D eigenvalue weighted by Gasteiger charge is -1.88. The van der Waals surface area contributed by atoms with E-state index in [0.717, 1.165) is 0 Å². The lowest BCUT2D eigenvalue weighted by atomic mass is 14.0. The minimum Gasteiger partial charge on any atom is -1.00 e. The van der Waals surface area contributed by atoms with Gasteiger partial charge in [-0.1, -0.05) is 0 Å². The summed E-state index contributed by atoms with van der Waals surface area (Å²) in [6.45, 7) is 0. The van der Waals surface area contributed by atoms with Gasteiger partial charge in [0.2, 0.25) is 10.4 Å². The first kappa shape index (κ1) is 24.0. The molecule has 9 N–H and O–H groups in total. The fourth-order valence-corrected chi connectivity index (χ4v) is 0. The van der Waals surface area contributed by atoms with Crippen LogP contribution in [0.15, 0.2) is 0 Å². The summed E-state index contributed by atoms with van der Waals surface area (Å²) in [6, 6.07) is 0. The molecule has 8 heteroatoms. The summed E-state index contributed by atoms with van der Waals surface area (Å²) in [7, 11) is -4.92. The van der Waals surface area contributed by atoms with E-state index < -0.39 is 10.4 Å². The van der Waals surface area contributed by atoms with Gasteiger partial charge in [0.15, 0.2) is 0 Å². The molecule has 6 nitrogen and oxygen atoms in total. The monoisotopic (exact) mass is 212 g/mol. The van der Waals surface area contributed by atoms with Gasteiger partial charge in [0.05, 0.1) is 0 Å². The Bertz CT molecular complexity index is 97.2. The van der Waals surface area contributed by atoms with E-state index >= 15 is 0 Å². The highest BCUT2D eigenvalue weighted by Gasteiger charge is 1.67. The largest absolute Gasteiger partial charge is 1.00 e. The van der Waals surface area contributed by atoms with Crippen LogP contribution < -0.4 is 29.3 Å². The molecule has 56 valence electrons. The number of rotatable bonds is 0. The van der Waals surface area contributed by atoms with Gasteiger partial charge in [-0.15, -0.1) is 0 Å². The highest BCUT2D eigenvalue weighted by atomic mass is 79.9. The third-order valence-corrected chi connectivity index (χ3v) is 0. The number of quaternary nitrogens is 2. The van der Waals surface area contributed by atoms with Crippen LogP contribution in [0.25, 0.3) is 0 Å². The van der Waals surface area contributed by atoms with Gasteiger partial charge in [-0.25, -0.2) is 8.42 Å². The van der Waals surface area contributed by atoms with Crippen LogP contribution in [-0.4, -0.2) is 17.5 Å². The Morgan fingerprint density at radius 1 is 1.25 bits per heavy atom. The first-order valence-corrected chi connectivity index (χ1v) is 2.05. The highest BCUT2D eigenvalue weighted by molar-refractivity contribution is 7.79. The quantitative estimate of drug-likeness (QED) is 0.286. The molecule has 0 atom stereocenters. The van der Waals surface area contributed by atoms with E-state index in [1.807, 2.05) is 0 Å². The van der Waals surface area contributed by atoms with Gasteiger partial charge in [-0.2, -0.15) is 0 Å². The first-order chi connectivity index (χ1) is 2.00. The maximum atomic E-state index is 8.63. The van der Waals surface area contributed by atoms with Gasteiger partial charge in [0.1, 0.15) is 0 Å². The molecule has 0 bridgehead atoms. The van der Waals surface area contributed by atoms with Crippen LogP contribution in [0.4, 0.5) is 0 Å². The van der Waals surface area contributed by atoms with Crippen molar-refractivity contribution in [1.82, 2.24) is 12.3 Å². The number of hydrogen-bond donors (Lipinski definition) is 3. The third kappa shape index (κ3) is 2390. The SMILES string of the molecule is O=S(=O)([O-])O.[Br-].[NH4+].[NH4+]. The van der Waals surface area contributed by atoms with Crippen LogP contribution in [0.1, 0.15) is 0 Å². The van der Waals surface area contributed by atoms with Gasteiger partial charge in [0.25, 0.3) is 0 Å². The Balaban J connectivity index is -0.0000000267. The summed E-state index contributed by atoms with van der Waals surface area (Å²) in [5, 5.41) is 0.